The molecule has 2 spiro atoms. The Morgan fingerprint density at radius 2 is 1.48 bits per heavy atom. The minimum atomic E-state index is -0.979. The first-order valence-corrected chi connectivity index (χ1v) is 19.6. The fraction of sp³-hybridized carbons (Fsp3) is 0.846. The van der Waals surface area contributed by atoms with Crippen molar-refractivity contribution < 1.29 is 28.8 Å². The molecule has 5 atom stereocenters. The van der Waals surface area contributed by atoms with Crippen molar-refractivity contribution in [2.24, 2.45) is 33.5 Å². The third-order valence-corrected chi connectivity index (χ3v) is 13.8. The Kier molecular flexibility index (Phi) is 9.96. The van der Waals surface area contributed by atoms with E-state index in [2.05, 4.69) is 35.1 Å². The molecule has 278 valence electrons. The molecule has 6 rings (SSSR count). The second-order valence-corrected chi connectivity index (χ2v) is 18.3. The SMILES string of the molecule is CCC[C@H](NC(=O)[C@@H]1C[C@@]2(CN1C(=O)[C@@H](NC(=O)N[C@H](C(=O)C1CC1)C1CCCCC1)C(C)(C)C)C(C)(C)C21CCC1)C(=O)C(=O)NC1CC1. The van der Waals surface area contributed by atoms with Crippen LogP contribution in [0.1, 0.15) is 138 Å². The molecule has 11 heteroatoms. The lowest BCUT2D eigenvalue weighted by Crippen LogP contribution is -2.61. The number of carbonyl (C=O) groups is 6. The lowest BCUT2D eigenvalue weighted by molar-refractivity contribution is -0.144. The Balaban J connectivity index is 1.23. The van der Waals surface area contributed by atoms with Gasteiger partial charge in [-0.2, -0.15) is 0 Å². The zero-order valence-corrected chi connectivity index (χ0v) is 31.3. The Morgan fingerprint density at radius 3 is 2.00 bits per heavy atom. The van der Waals surface area contributed by atoms with Gasteiger partial charge < -0.3 is 26.2 Å². The number of rotatable bonds is 13. The van der Waals surface area contributed by atoms with Gasteiger partial charge in [0.05, 0.1) is 12.1 Å². The highest BCUT2D eigenvalue weighted by molar-refractivity contribution is 6.38. The van der Waals surface area contributed by atoms with Gasteiger partial charge in [0.2, 0.25) is 17.6 Å². The largest absolute Gasteiger partial charge is 0.347 e. The highest BCUT2D eigenvalue weighted by atomic mass is 16.2. The third kappa shape index (κ3) is 6.59. The first kappa shape index (κ1) is 36.8. The molecule has 6 aliphatic rings. The van der Waals surface area contributed by atoms with Crippen LogP contribution in [0, 0.1) is 33.5 Å². The van der Waals surface area contributed by atoms with Gasteiger partial charge in [0.15, 0.2) is 5.78 Å². The summed E-state index contributed by atoms with van der Waals surface area (Å²) in [6.07, 6.45) is 13.1. The summed E-state index contributed by atoms with van der Waals surface area (Å²) in [5, 5.41) is 11.7. The number of amides is 5. The lowest BCUT2D eigenvalue weighted by Gasteiger charge is -2.37. The smallest absolute Gasteiger partial charge is 0.316 e. The predicted octanol–water partition coefficient (Wildman–Crippen LogP) is 4.56. The summed E-state index contributed by atoms with van der Waals surface area (Å²) in [4.78, 5) is 83.9. The van der Waals surface area contributed by atoms with Crippen LogP contribution in [0.3, 0.4) is 0 Å². The highest BCUT2D eigenvalue weighted by Crippen LogP contribution is 2.88. The number of likely N-dealkylation sites (tertiary alicyclic amines) is 1. The van der Waals surface area contributed by atoms with Crippen molar-refractivity contribution in [3.8, 4) is 0 Å². The zero-order chi connectivity index (χ0) is 36.2. The van der Waals surface area contributed by atoms with Crippen molar-refractivity contribution >= 4 is 35.3 Å². The van der Waals surface area contributed by atoms with Crippen LogP contribution in [0.2, 0.25) is 0 Å². The van der Waals surface area contributed by atoms with Crippen molar-refractivity contribution in [1.82, 2.24) is 26.2 Å². The number of ketones is 2. The molecule has 1 saturated heterocycles. The molecule has 0 bridgehead atoms. The predicted molar refractivity (Wildman–Crippen MR) is 189 cm³/mol. The second-order valence-electron chi connectivity index (χ2n) is 18.3. The van der Waals surface area contributed by atoms with Crippen LogP contribution in [0.5, 0.6) is 0 Å². The number of hydrogen-bond donors (Lipinski definition) is 4. The van der Waals surface area contributed by atoms with Gasteiger partial charge in [-0.25, -0.2) is 4.79 Å². The topological polar surface area (TPSA) is 154 Å². The minimum Gasteiger partial charge on any atom is -0.347 e. The molecule has 6 fully saturated rings. The number of carbonyl (C=O) groups excluding carboxylic acids is 6. The molecule has 0 radical (unpaired) electrons. The van der Waals surface area contributed by atoms with Crippen LogP contribution >= 0.6 is 0 Å². The standard InChI is InChI=1S/C39H61N5O6/c1-7-12-26(30(46)33(48)40-25-17-18-25)41-32(47)27-21-39(37(5,6)38(39)19-11-20-38)22-44(27)34(49)31(36(2,3)4)43-35(50)42-28(29(45)24-15-16-24)23-13-9-8-10-14-23/h23-28,31H,7-22H2,1-6H3,(H,40,48)(H,41,47)(H2,42,43,50)/t26-,27-,28-,31+,39+/m0/s1. The fourth-order valence-electron chi connectivity index (χ4n) is 10.2. The molecule has 5 amide bonds. The van der Waals surface area contributed by atoms with Gasteiger partial charge in [-0.1, -0.05) is 73.6 Å². The highest BCUT2D eigenvalue weighted by Gasteiger charge is 2.85. The summed E-state index contributed by atoms with van der Waals surface area (Å²) in [6, 6.07) is -3.87. The Hall–Kier alpha value is -2.98. The molecular formula is C39H61N5O6. The molecule has 1 aliphatic heterocycles. The fourth-order valence-corrected chi connectivity index (χ4v) is 10.2. The van der Waals surface area contributed by atoms with Crippen LogP contribution in [-0.2, 0) is 24.0 Å². The van der Waals surface area contributed by atoms with Crippen molar-refractivity contribution in [2.45, 2.75) is 168 Å². The summed E-state index contributed by atoms with van der Waals surface area (Å²) in [7, 11) is 0. The van der Waals surface area contributed by atoms with E-state index >= 15 is 0 Å². The van der Waals surface area contributed by atoms with Crippen molar-refractivity contribution in [3.63, 3.8) is 0 Å². The number of nitrogens with zero attached hydrogens (tertiary/aromatic N) is 1. The second kappa shape index (κ2) is 13.5. The van der Waals surface area contributed by atoms with E-state index in [4.69, 9.17) is 0 Å². The van der Waals surface area contributed by atoms with Crippen molar-refractivity contribution in [1.29, 1.82) is 0 Å². The molecule has 0 aromatic carbocycles. The minimum absolute atomic E-state index is 0.00579. The molecule has 5 saturated carbocycles. The van der Waals surface area contributed by atoms with E-state index < -0.39 is 53.2 Å². The van der Waals surface area contributed by atoms with E-state index in [1.54, 1.807) is 4.90 Å². The number of fused-ring (bicyclic) bond motifs is 1. The van der Waals surface area contributed by atoms with Crippen LogP contribution in [0.15, 0.2) is 0 Å². The molecule has 0 aromatic rings. The third-order valence-electron chi connectivity index (χ3n) is 13.8. The number of hydrogen-bond acceptors (Lipinski definition) is 6. The van der Waals surface area contributed by atoms with E-state index in [9.17, 15) is 28.8 Å². The molecule has 0 aromatic heterocycles. The van der Waals surface area contributed by atoms with E-state index in [-0.39, 0.29) is 45.8 Å². The summed E-state index contributed by atoms with van der Waals surface area (Å²) < 4.78 is 0. The number of urea groups is 1. The van der Waals surface area contributed by atoms with E-state index in [0.717, 1.165) is 77.0 Å². The molecule has 11 nitrogen and oxygen atoms in total. The van der Waals surface area contributed by atoms with Crippen molar-refractivity contribution in [3.05, 3.63) is 0 Å². The van der Waals surface area contributed by atoms with Crippen LogP contribution < -0.4 is 21.3 Å². The molecular weight excluding hydrogens is 634 g/mol. The Labute approximate surface area is 298 Å². The summed E-state index contributed by atoms with van der Waals surface area (Å²) >= 11 is 0. The van der Waals surface area contributed by atoms with Gasteiger partial charge in [0, 0.05) is 23.9 Å². The molecule has 0 unspecified atom stereocenters. The zero-order valence-electron chi connectivity index (χ0n) is 31.3. The van der Waals surface area contributed by atoms with Crippen LogP contribution in [-0.4, -0.2) is 77.0 Å². The molecule has 5 aliphatic carbocycles. The number of nitrogens with one attached hydrogen (secondary N) is 4. The summed E-state index contributed by atoms with van der Waals surface area (Å²) in [5.74, 6) is -1.89. The van der Waals surface area contributed by atoms with Crippen LogP contribution in [0.4, 0.5) is 4.79 Å². The van der Waals surface area contributed by atoms with Gasteiger partial charge in [-0.3, -0.25) is 24.0 Å². The molecule has 50 heavy (non-hydrogen) atoms. The van der Waals surface area contributed by atoms with Crippen LogP contribution in [0.25, 0.3) is 0 Å². The quantitative estimate of drug-likeness (QED) is 0.207. The molecule has 1 heterocycles. The Morgan fingerprint density at radius 1 is 0.820 bits per heavy atom. The normalized spacial score (nSPS) is 28.6. The average molecular weight is 696 g/mol. The maximum Gasteiger partial charge on any atom is 0.316 e. The maximum atomic E-state index is 14.8. The van der Waals surface area contributed by atoms with E-state index in [1.165, 1.54) is 0 Å². The summed E-state index contributed by atoms with van der Waals surface area (Å²) in [6.45, 7) is 12.5. The Bertz CT molecular complexity index is 1390. The maximum absolute atomic E-state index is 14.8. The lowest BCUT2D eigenvalue weighted by atomic mass is 9.73. The van der Waals surface area contributed by atoms with E-state index in [0.29, 0.717) is 25.8 Å². The van der Waals surface area contributed by atoms with Gasteiger partial charge in [-0.15, -0.1) is 0 Å². The number of Topliss-reactive ketones (excluding diaryl/α,β-unsaturated/α-hetero) is 2. The van der Waals surface area contributed by atoms with Gasteiger partial charge in [0.1, 0.15) is 12.1 Å². The van der Waals surface area contributed by atoms with Gasteiger partial charge in [-0.05, 0) is 86.4 Å². The molecule has 4 N–H and O–H groups in total. The first-order valence-electron chi connectivity index (χ1n) is 19.6. The van der Waals surface area contributed by atoms with Crippen molar-refractivity contribution in [2.75, 3.05) is 6.54 Å². The first-order chi connectivity index (χ1) is 23.6. The monoisotopic (exact) mass is 695 g/mol. The van der Waals surface area contributed by atoms with Gasteiger partial charge >= 0.3 is 6.03 Å². The summed E-state index contributed by atoms with van der Waals surface area (Å²) in [5.41, 5.74) is -0.986. The van der Waals surface area contributed by atoms with Gasteiger partial charge in [0.25, 0.3) is 5.91 Å². The average Bonchev–Trinajstić information content (AvgIpc) is 3.99. The van der Waals surface area contributed by atoms with E-state index in [1.807, 2.05) is 27.7 Å².